The van der Waals surface area contributed by atoms with E-state index in [1.165, 1.54) is 51.4 Å². The molecule has 0 bridgehead atoms. The fraction of sp³-hybridized carbons (Fsp3) is 0.700. The Labute approximate surface area is 164 Å². The molecular formula is C20H32Br2O2. The number of benzene rings is 1. The predicted octanol–water partition coefficient (Wildman–Crippen LogP) is 7.65. The largest absolute Gasteiger partial charge is 0.504 e. The number of hydrogen-bond donors (Lipinski definition) is 2. The molecule has 0 aliphatic heterocycles. The molecule has 1 aromatic carbocycles. The van der Waals surface area contributed by atoms with Crippen LogP contribution in [0.5, 0.6) is 11.5 Å². The van der Waals surface area contributed by atoms with Crippen LogP contribution in [0.4, 0.5) is 0 Å². The third-order valence-corrected chi connectivity index (χ3v) is 6.78. The van der Waals surface area contributed by atoms with Crippen molar-refractivity contribution in [3.05, 3.63) is 20.1 Å². The van der Waals surface area contributed by atoms with E-state index >= 15 is 0 Å². The molecule has 0 aliphatic rings. The lowest BCUT2D eigenvalue weighted by atomic mass is 9.95. The van der Waals surface area contributed by atoms with E-state index < -0.39 is 0 Å². The molecule has 4 heteroatoms. The summed E-state index contributed by atoms with van der Waals surface area (Å²) in [7, 11) is 0. The second-order valence-corrected chi connectivity index (χ2v) is 8.20. The van der Waals surface area contributed by atoms with Crippen molar-refractivity contribution in [3.8, 4) is 11.5 Å². The lowest BCUT2D eigenvalue weighted by molar-refractivity contribution is 0.394. The molecule has 0 fully saturated rings. The molecule has 1 aromatic rings. The summed E-state index contributed by atoms with van der Waals surface area (Å²) in [5, 5.41) is 20.6. The first-order valence-electron chi connectivity index (χ1n) is 9.45. The zero-order valence-corrected chi connectivity index (χ0v) is 18.3. The van der Waals surface area contributed by atoms with Crippen LogP contribution in [0.1, 0.15) is 89.2 Å². The van der Waals surface area contributed by atoms with E-state index in [2.05, 4.69) is 45.7 Å². The standard InChI is InChI=1S/C20H32Br2O2/c1-3-5-7-9-11-13-15-16(14-12-10-8-6-4-2)19(23)20(24)18(22)17(15)21/h23-24H,3-14H2,1-2H3. The predicted molar refractivity (Wildman–Crippen MR) is 110 cm³/mol. The second kappa shape index (κ2) is 12.2. The van der Waals surface area contributed by atoms with Crippen LogP contribution in [-0.4, -0.2) is 10.2 Å². The molecule has 0 saturated carbocycles. The molecule has 2 nitrogen and oxygen atoms in total. The topological polar surface area (TPSA) is 40.5 Å². The van der Waals surface area contributed by atoms with Gasteiger partial charge in [-0.05, 0) is 63.1 Å². The van der Waals surface area contributed by atoms with Gasteiger partial charge >= 0.3 is 0 Å². The van der Waals surface area contributed by atoms with E-state index in [0.29, 0.717) is 4.47 Å². The minimum atomic E-state index is -0.0415. The number of hydrogen-bond acceptors (Lipinski definition) is 2. The van der Waals surface area contributed by atoms with Gasteiger partial charge in [0.05, 0.1) is 4.47 Å². The summed E-state index contributed by atoms with van der Waals surface area (Å²) in [4.78, 5) is 0. The Morgan fingerprint density at radius 3 is 1.54 bits per heavy atom. The number of aromatic hydroxyl groups is 2. The Hall–Kier alpha value is -0.220. The van der Waals surface area contributed by atoms with Gasteiger partial charge in [-0.1, -0.05) is 65.2 Å². The number of unbranched alkanes of at least 4 members (excludes halogenated alkanes) is 8. The average Bonchev–Trinajstić information content (AvgIpc) is 2.58. The molecule has 0 amide bonds. The maximum atomic E-state index is 10.4. The fourth-order valence-corrected chi connectivity index (χ4v) is 4.15. The molecule has 0 aliphatic carbocycles. The Bertz CT molecular complexity index is 456. The van der Waals surface area contributed by atoms with Crippen molar-refractivity contribution in [1.82, 2.24) is 0 Å². The quantitative estimate of drug-likeness (QED) is 0.246. The van der Waals surface area contributed by atoms with E-state index in [1.54, 1.807) is 0 Å². The van der Waals surface area contributed by atoms with Gasteiger partial charge in [0.2, 0.25) is 0 Å². The van der Waals surface area contributed by atoms with Crippen LogP contribution in [-0.2, 0) is 12.8 Å². The molecule has 0 atom stereocenters. The molecule has 0 spiro atoms. The highest BCUT2D eigenvalue weighted by Crippen LogP contribution is 2.45. The van der Waals surface area contributed by atoms with Gasteiger partial charge in [-0.3, -0.25) is 0 Å². The van der Waals surface area contributed by atoms with E-state index in [-0.39, 0.29) is 11.5 Å². The maximum Gasteiger partial charge on any atom is 0.173 e. The van der Waals surface area contributed by atoms with Gasteiger partial charge in [0, 0.05) is 10.0 Å². The van der Waals surface area contributed by atoms with Gasteiger partial charge in [0.15, 0.2) is 11.5 Å². The maximum absolute atomic E-state index is 10.4. The molecule has 1 rings (SSSR count). The van der Waals surface area contributed by atoms with E-state index in [9.17, 15) is 10.2 Å². The summed E-state index contributed by atoms with van der Waals surface area (Å²) < 4.78 is 1.47. The summed E-state index contributed by atoms with van der Waals surface area (Å²) in [6.45, 7) is 4.44. The minimum Gasteiger partial charge on any atom is -0.504 e. The van der Waals surface area contributed by atoms with Crippen LogP contribution in [0.3, 0.4) is 0 Å². The third-order valence-electron chi connectivity index (χ3n) is 4.60. The molecule has 0 saturated heterocycles. The highest BCUT2D eigenvalue weighted by Gasteiger charge is 2.20. The lowest BCUT2D eigenvalue weighted by Crippen LogP contribution is -1.99. The number of rotatable bonds is 12. The summed E-state index contributed by atoms with van der Waals surface area (Å²) in [6.07, 6.45) is 13.9. The first kappa shape index (κ1) is 21.8. The van der Waals surface area contributed by atoms with Gasteiger partial charge in [0.25, 0.3) is 0 Å². The average molecular weight is 464 g/mol. The normalized spacial score (nSPS) is 11.2. The van der Waals surface area contributed by atoms with E-state index in [1.807, 2.05) is 0 Å². The fourth-order valence-electron chi connectivity index (χ4n) is 3.10. The van der Waals surface area contributed by atoms with Gasteiger partial charge in [0.1, 0.15) is 0 Å². The lowest BCUT2D eigenvalue weighted by Gasteiger charge is -2.17. The highest BCUT2D eigenvalue weighted by molar-refractivity contribution is 9.13. The van der Waals surface area contributed by atoms with Crippen LogP contribution in [0.15, 0.2) is 8.95 Å². The number of phenols is 2. The van der Waals surface area contributed by atoms with Gasteiger partial charge in [-0.25, -0.2) is 0 Å². The summed E-state index contributed by atoms with van der Waals surface area (Å²) in [6, 6.07) is 0. The molecule has 0 heterocycles. The Kier molecular flexibility index (Phi) is 11.1. The summed E-state index contributed by atoms with van der Waals surface area (Å²) >= 11 is 7.01. The van der Waals surface area contributed by atoms with Crippen molar-refractivity contribution in [2.24, 2.45) is 0 Å². The van der Waals surface area contributed by atoms with Crippen LogP contribution in [0.2, 0.25) is 0 Å². The molecule has 0 unspecified atom stereocenters. The summed E-state index contributed by atoms with van der Waals surface area (Å²) in [5.41, 5.74) is 2.08. The molecule has 2 N–H and O–H groups in total. The highest BCUT2D eigenvalue weighted by atomic mass is 79.9. The van der Waals surface area contributed by atoms with Crippen molar-refractivity contribution < 1.29 is 10.2 Å². The number of halogens is 2. The Morgan fingerprint density at radius 2 is 1.04 bits per heavy atom. The van der Waals surface area contributed by atoms with Crippen LogP contribution in [0.25, 0.3) is 0 Å². The summed E-state index contributed by atoms with van der Waals surface area (Å²) in [5.74, 6) is 0.0179. The van der Waals surface area contributed by atoms with Crippen LogP contribution < -0.4 is 0 Å². The van der Waals surface area contributed by atoms with E-state index in [4.69, 9.17) is 0 Å². The van der Waals surface area contributed by atoms with E-state index in [0.717, 1.165) is 41.3 Å². The van der Waals surface area contributed by atoms with Crippen molar-refractivity contribution in [2.45, 2.75) is 90.9 Å². The first-order valence-corrected chi connectivity index (χ1v) is 11.0. The molecule has 0 radical (unpaired) electrons. The van der Waals surface area contributed by atoms with Crippen molar-refractivity contribution in [2.75, 3.05) is 0 Å². The van der Waals surface area contributed by atoms with Crippen molar-refractivity contribution >= 4 is 31.9 Å². The minimum absolute atomic E-state index is 0.0415. The van der Waals surface area contributed by atoms with Gasteiger partial charge in [-0.2, -0.15) is 0 Å². The second-order valence-electron chi connectivity index (χ2n) is 6.61. The number of phenolic OH excluding ortho intramolecular Hbond substituents is 2. The van der Waals surface area contributed by atoms with Crippen LogP contribution >= 0.6 is 31.9 Å². The van der Waals surface area contributed by atoms with Gasteiger partial charge < -0.3 is 10.2 Å². The van der Waals surface area contributed by atoms with Crippen molar-refractivity contribution in [1.29, 1.82) is 0 Å². The monoisotopic (exact) mass is 462 g/mol. The Morgan fingerprint density at radius 1 is 0.583 bits per heavy atom. The zero-order chi connectivity index (χ0) is 17.9. The third kappa shape index (κ3) is 6.59. The Balaban J connectivity index is 2.80. The smallest absolute Gasteiger partial charge is 0.173 e. The zero-order valence-electron chi connectivity index (χ0n) is 15.1. The molecule has 24 heavy (non-hydrogen) atoms. The molecule has 138 valence electrons. The first-order chi connectivity index (χ1) is 11.5. The molecule has 0 aromatic heterocycles. The van der Waals surface area contributed by atoms with Gasteiger partial charge in [-0.15, -0.1) is 0 Å². The van der Waals surface area contributed by atoms with Crippen LogP contribution in [0, 0.1) is 0 Å². The van der Waals surface area contributed by atoms with Crippen molar-refractivity contribution in [3.63, 3.8) is 0 Å². The molecular weight excluding hydrogens is 432 g/mol. The SMILES string of the molecule is CCCCCCCc1c(O)c(O)c(Br)c(Br)c1CCCCCCC.